The average molecular weight is 785 g/mol. The van der Waals surface area contributed by atoms with E-state index in [1.54, 1.807) is 0 Å². The third-order valence-corrected chi connectivity index (χ3v) is 10.1. The van der Waals surface area contributed by atoms with Gasteiger partial charge in [0.25, 0.3) is 0 Å². The lowest BCUT2D eigenvalue weighted by molar-refractivity contribution is -0.167. The zero-order valence-electron chi connectivity index (χ0n) is 36.9. The third kappa shape index (κ3) is 42.5. The Balaban J connectivity index is 4.36. The summed E-state index contributed by atoms with van der Waals surface area (Å²) < 4.78 is 16.7. The predicted molar refractivity (Wildman–Crippen MR) is 238 cm³/mol. The largest absolute Gasteiger partial charge is 0.462 e. The monoisotopic (exact) mass is 785 g/mol. The molecule has 0 aliphatic rings. The highest BCUT2D eigenvalue weighted by molar-refractivity contribution is 5.71. The summed E-state index contributed by atoms with van der Waals surface area (Å²) in [6.07, 6.45) is 52.4. The molecule has 6 nitrogen and oxygen atoms in total. The lowest BCUT2D eigenvalue weighted by atomic mass is 10.1. The van der Waals surface area contributed by atoms with Crippen LogP contribution in [0.2, 0.25) is 0 Å². The average Bonchev–Trinajstić information content (AvgIpc) is 3.19. The number of allylic oxidation sites excluding steroid dienone is 8. The van der Waals surface area contributed by atoms with Gasteiger partial charge in [0.1, 0.15) is 13.2 Å². The van der Waals surface area contributed by atoms with Crippen molar-refractivity contribution in [2.24, 2.45) is 0 Å². The fraction of sp³-hybridized carbons (Fsp3) is 0.780. The molecular formula is C50H88O6. The van der Waals surface area contributed by atoms with Crippen molar-refractivity contribution >= 4 is 17.9 Å². The first-order valence-electron chi connectivity index (χ1n) is 23.7. The molecule has 0 heterocycles. The van der Waals surface area contributed by atoms with Gasteiger partial charge >= 0.3 is 17.9 Å². The van der Waals surface area contributed by atoms with Crippen molar-refractivity contribution in [2.75, 3.05) is 13.2 Å². The Labute approximate surface area is 346 Å². The van der Waals surface area contributed by atoms with Gasteiger partial charge in [-0.25, -0.2) is 0 Å². The number of hydrogen-bond acceptors (Lipinski definition) is 6. The minimum Gasteiger partial charge on any atom is -0.462 e. The van der Waals surface area contributed by atoms with Crippen molar-refractivity contribution in [1.82, 2.24) is 0 Å². The maximum Gasteiger partial charge on any atom is 0.306 e. The lowest BCUT2D eigenvalue weighted by Gasteiger charge is -2.18. The Morgan fingerprint density at radius 3 is 1.02 bits per heavy atom. The molecule has 0 N–H and O–H groups in total. The van der Waals surface area contributed by atoms with E-state index in [9.17, 15) is 14.4 Å². The van der Waals surface area contributed by atoms with Crippen LogP contribution in [0.4, 0.5) is 0 Å². The van der Waals surface area contributed by atoms with Crippen LogP contribution in [-0.4, -0.2) is 37.2 Å². The Kier molecular flexibility index (Phi) is 43.0. The van der Waals surface area contributed by atoms with Crippen LogP contribution in [0.25, 0.3) is 0 Å². The minimum absolute atomic E-state index is 0.0880. The maximum atomic E-state index is 12.7. The van der Waals surface area contributed by atoms with E-state index in [0.717, 1.165) is 89.9 Å². The van der Waals surface area contributed by atoms with Gasteiger partial charge in [0.2, 0.25) is 0 Å². The standard InChI is InChI=1S/C50H88O6/c1-4-7-10-13-16-19-21-22-23-24-25-26-27-29-31-34-37-40-43-49(52)55-46-47(45-54-48(51)42-39-36-33-30-18-15-12-9-6-3)56-50(53)44-41-38-35-32-28-20-17-14-11-8-5-2/h14,17,20,23-26,28,47H,4-13,15-16,18-19,21-22,27,29-46H2,1-3H3/b17-14-,24-23-,26-25-,28-20-. The summed E-state index contributed by atoms with van der Waals surface area (Å²) in [7, 11) is 0. The van der Waals surface area contributed by atoms with Gasteiger partial charge in [-0.3, -0.25) is 14.4 Å². The minimum atomic E-state index is -0.788. The van der Waals surface area contributed by atoms with Gasteiger partial charge in [-0.2, -0.15) is 0 Å². The van der Waals surface area contributed by atoms with Crippen LogP contribution in [0.1, 0.15) is 233 Å². The van der Waals surface area contributed by atoms with Crippen molar-refractivity contribution < 1.29 is 28.6 Å². The van der Waals surface area contributed by atoms with Crippen LogP contribution in [-0.2, 0) is 28.6 Å². The second-order valence-electron chi connectivity index (χ2n) is 15.7. The molecule has 0 bridgehead atoms. The molecule has 0 aliphatic heterocycles. The van der Waals surface area contributed by atoms with Gasteiger partial charge in [-0.05, 0) is 64.2 Å². The number of carbonyl (C=O) groups is 3. The fourth-order valence-corrected chi connectivity index (χ4v) is 6.47. The van der Waals surface area contributed by atoms with Gasteiger partial charge in [0.05, 0.1) is 0 Å². The molecule has 324 valence electrons. The number of rotatable bonds is 42. The molecule has 0 saturated carbocycles. The normalized spacial score (nSPS) is 12.4. The number of carbonyl (C=O) groups excluding carboxylic acids is 3. The Morgan fingerprint density at radius 2 is 0.643 bits per heavy atom. The summed E-state index contributed by atoms with van der Waals surface area (Å²) in [5, 5.41) is 0. The molecule has 0 saturated heterocycles. The molecule has 0 rings (SSSR count). The van der Waals surface area contributed by atoms with E-state index >= 15 is 0 Å². The number of hydrogen-bond donors (Lipinski definition) is 0. The number of esters is 3. The predicted octanol–water partition coefficient (Wildman–Crippen LogP) is 15.1. The van der Waals surface area contributed by atoms with E-state index in [4.69, 9.17) is 14.2 Å². The summed E-state index contributed by atoms with van der Waals surface area (Å²) in [5.74, 6) is -0.935. The van der Waals surface area contributed by atoms with Crippen LogP contribution >= 0.6 is 0 Å². The van der Waals surface area contributed by atoms with Gasteiger partial charge < -0.3 is 14.2 Å². The van der Waals surface area contributed by atoms with Crippen molar-refractivity contribution in [1.29, 1.82) is 0 Å². The molecule has 0 aromatic heterocycles. The number of unbranched alkanes of at least 4 members (excludes halogenated alkanes) is 25. The van der Waals surface area contributed by atoms with Crippen LogP contribution in [0.3, 0.4) is 0 Å². The fourth-order valence-electron chi connectivity index (χ4n) is 6.47. The maximum absolute atomic E-state index is 12.7. The van der Waals surface area contributed by atoms with Gasteiger partial charge in [-0.15, -0.1) is 0 Å². The molecule has 0 spiro atoms. The third-order valence-electron chi connectivity index (χ3n) is 10.1. The van der Waals surface area contributed by atoms with E-state index in [-0.39, 0.29) is 31.1 Å². The van der Waals surface area contributed by atoms with E-state index < -0.39 is 6.10 Å². The summed E-state index contributed by atoms with van der Waals surface area (Å²) in [6.45, 7) is 6.52. The van der Waals surface area contributed by atoms with Crippen LogP contribution in [0.5, 0.6) is 0 Å². The molecular weight excluding hydrogens is 697 g/mol. The molecule has 0 amide bonds. The second kappa shape index (κ2) is 45.1. The van der Waals surface area contributed by atoms with Crippen molar-refractivity contribution in [3.8, 4) is 0 Å². The van der Waals surface area contributed by atoms with Crippen molar-refractivity contribution in [3.63, 3.8) is 0 Å². The van der Waals surface area contributed by atoms with E-state index in [0.29, 0.717) is 19.3 Å². The Bertz CT molecular complexity index is 996. The summed E-state index contributed by atoms with van der Waals surface area (Å²) in [5.41, 5.74) is 0. The summed E-state index contributed by atoms with van der Waals surface area (Å²) >= 11 is 0. The lowest BCUT2D eigenvalue weighted by Crippen LogP contribution is -2.30. The molecule has 0 fully saturated rings. The molecule has 6 heteroatoms. The molecule has 0 radical (unpaired) electrons. The summed E-state index contributed by atoms with van der Waals surface area (Å²) in [6, 6.07) is 0. The highest BCUT2D eigenvalue weighted by Gasteiger charge is 2.19. The molecule has 56 heavy (non-hydrogen) atoms. The molecule has 0 aromatic carbocycles. The second-order valence-corrected chi connectivity index (χ2v) is 15.7. The van der Waals surface area contributed by atoms with Crippen LogP contribution in [0, 0.1) is 0 Å². The molecule has 1 unspecified atom stereocenters. The SMILES string of the molecule is CCCC/C=C\C=C/CCCCCC(=O)OC(COC(=O)CCCCCCC/C=C\C=C/CCCCCCCCC)COC(=O)CCCCCCCCCCC. The zero-order valence-corrected chi connectivity index (χ0v) is 36.9. The summed E-state index contributed by atoms with van der Waals surface area (Å²) in [4.78, 5) is 37.7. The first-order valence-corrected chi connectivity index (χ1v) is 23.7. The highest BCUT2D eigenvalue weighted by Crippen LogP contribution is 2.13. The highest BCUT2D eigenvalue weighted by atomic mass is 16.6. The Morgan fingerprint density at radius 1 is 0.357 bits per heavy atom. The zero-order chi connectivity index (χ0) is 40.8. The van der Waals surface area contributed by atoms with E-state index in [1.807, 2.05) is 0 Å². The van der Waals surface area contributed by atoms with Crippen LogP contribution < -0.4 is 0 Å². The van der Waals surface area contributed by atoms with Gasteiger partial charge in [-0.1, -0.05) is 198 Å². The van der Waals surface area contributed by atoms with Crippen LogP contribution in [0.15, 0.2) is 48.6 Å². The smallest absolute Gasteiger partial charge is 0.306 e. The van der Waals surface area contributed by atoms with Gasteiger partial charge in [0, 0.05) is 19.3 Å². The van der Waals surface area contributed by atoms with Crippen molar-refractivity contribution in [3.05, 3.63) is 48.6 Å². The topological polar surface area (TPSA) is 78.9 Å². The van der Waals surface area contributed by atoms with Gasteiger partial charge in [0.15, 0.2) is 6.10 Å². The molecule has 1 atom stereocenters. The molecule has 0 aliphatic carbocycles. The molecule has 0 aromatic rings. The van der Waals surface area contributed by atoms with E-state index in [2.05, 4.69) is 69.4 Å². The first kappa shape index (κ1) is 53.4. The number of ether oxygens (including phenoxy) is 3. The van der Waals surface area contributed by atoms with Crippen molar-refractivity contribution in [2.45, 2.75) is 239 Å². The quantitative estimate of drug-likeness (QED) is 0.0265. The Hall–Kier alpha value is -2.63. The first-order chi connectivity index (χ1) is 27.5. The van der Waals surface area contributed by atoms with E-state index in [1.165, 1.54) is 103 Å².